The minimum atomic E-state index is 0.272. The van der Waals surface area contributed by atoms with Crippen LogP contribution in [0.3, 0.4) is 0 Å². The average molecular weight is 367 g/mol. The number of hydrogen-bond acceptors (Lipinski definition) is 1. The molecule has 0 N–H and O–H groups in total. The van der Waals surface area contributed by atoms with Crippen LogP contribution in [0.5, 0.6) is 0 Å². The van der Waals surface area contributed by atoms with E-state index in [1.54, 1.807) is 0 Å². The van der Waals surface area contributed by atoms with Crippen molar-refractivity contribution in [3.8, 4) is 11.1 Å². The van der Waals surface area contributed by atoms with Crippen molar-refractivity contribution in [1.29, 1.82) is 0 Å². The Bertz CT molecular complexity index is 995. The van der Waals surface area contributed by atoms with Crippen molar-refractivity contribution >= 4 is 17.3 Å². The fourth-order valence-corrected chi connectivity index (χ4v) is 4.37. The molecule has 0 amide bonds. The molecule has 1 heteroatoms. The van der Waals surface area contributed by atoms with E-state index in [9.17, 15) is 0 Å². The quantitative estimate of drug-likeness (QED) is 0.434. The molecule has 0 bridgehead atoms. The van der Waals surface area contributed by atoms with Gasteiger partial charge in [-0.2, -0.15) is 0 Å². The van der Waals surface area contributed by atoms with Crippen LogP contribution in [0, 0.1) is 0 Å². The summed E-state index contributed by atoms with van der Waals surface area (Å²) in [5.41, 5.74) is 6.44. The summed E-state index contributed by atoms with van der Waals surface area (Å²) in [6.07, 6.45) is 13.4. The van der Waals surface area contributed by atoms with E-state index >= 15 is 0 Å². The van der Waals surface area contributed by atoms with Gasteiger partial charge in [0.25, 0.3) is 0 Å². The lowest BCUT2D eigenvalue weighted by Gasteiger charge is -2.17. The van der Waals surface area contributed by atoms with Crippen LogP contribution in [0.1, 0.15) is 17.0 Å². The van der Waals surface area contributed by atoms with Gasteiger partial charge in [-0.15, -0.1) is 11.8 Å². The standard InChI is InChI=1S/C26H22S/c1-27-26-24(22-12-6-3-7-13-22)16-9-17-25(26)23-15-8-14-21(18-19-23)20-10-4-2-5-11-20/h2-19,23H,1H3. The average Bonchev–Trinajstić information content (AvgIpc) is 3.00. The number of rotatable bonds is 4. The van der Waals surface area contributed by atoms with E-state index in [4.69, 9.17) is 0 Å². The van der Waals surface area contributed by atoms with Gasteiger partial charge in [-0.25, -0.2) is 0 Å². The van der Waals surface area contributed by atoms with Crippen LogP contribution in [0.2, 0.25) is 0 Å². The summed E-state index contributed by atoms with van der Waals surface area (Å²) in [5, 5.41) is 0. The summed E-state index contributed by atoms with van der Waals surface area (Å²) in [5.74, 6) is 0.272. The monoisotopic (exact) mass is 366 g/mol. The lowest BCUT2D eigenvalue weighted by Crippen LogP contribution is -1.96. The van der Waals surface area contributed by atoms with E-state index in [0.717, 1.165) is 0 Å². The van der Waals surface area contributed by atoms with Crippen molar-refractivity contribution in [2.24, 2.45) is 0 Å². The molecule has 3 aromatic carbocycles. The highest BCUT2D eigenvalue weighted by atomic mass is 32.2. The highest BCUT2D eigenvalue weighted by Crippen LogP contribution is 2.38. The predicted molar refractivity (Wildman–Crippen MR) is 119 cm³/mol. The van der Waals surface area contributed by atoms with Crippen molar-refractivity contribution in [2.45, 2.75) is 10.8 Å². The maximum atomic E-state index is 2.31. The molecule has 1 unspecified atom stereocenters. The molecule has 4 rings (SSSR count). The summed E-state index contributed by atoms with van der Waals surface area (Å²) in [6.45, 7) is 0. The number of thioether (sulfide) groups is 1. The number of benzene rings is 3. The molecule has 3 aromatic rings. The van der Waals surface area contributed by atoms with E-state index < -0.39 is 0 Å². The molecule has 0 fully saturated rings. The Morgan fingerprint density at radius 1 is 0.704 bits per heavy atom. The summed E-state index contributed by atoms with van der Waals surface area (Å²) in [4.78, 5) is 1.35. The zero-order valence-corrected chi connectivity index (χ0v) is 16.2. The first-order chi connectivity index (χ1) is 13.4. The van der Waals surface area contributed by atoms with Crippen LogP contribution < -0.4 is 0 Å². The first kappa shape index (κ1) is 17.6. The third kappa shape index (κ3) is 3.84. The van der Waals surface area contributed by atoms with Crippen molar-refractivity contribution < 1.29 is 0 Å². The molecule has 0 saturated heterocycles. The Labute approximate surface area is 166 Å². The molecule has 0 saturated carbocycles. The summed E-state index contributed by atoms with van der Waals surface area (Å²) >= 11 is 1.83. The first-order valence-electron chi connectivity index (χ1n) is 9.21. The Morgan fingerprint density at radius 3 is 2.11 bits per heavy atom. The smallest absolute Gasteiger partial charge is 0.0216 e. The van der Waals surface area contributed by atoms with Crippen molar-refractivity contribution in [1.82, 2.24) is 0 Å². The first-order valence-corrected chi connectivity index (χ1v) is 10.4. The second kappa shape index (κ2) is 8.28. The van der Waals surface area contributed by atoms with E-state index in [0.29, 0.717) is 0 Å². The highest BCUT2D eigenvalue weighted by Gasteiger charge is 2.15. The van der Waals surface area contributed by atoms with Crippen LogP contribution in [0.25, 0.3) is 16.7 Å². The number of hydrogen-bond donors (Lipinski definition) is 0. The van der Waals surface area contributed by atoms with Crippen LogP contribution in [-0.4, -0.2) is 6.26 Å². The molecule has 1 aliphatic rings. The van der Waals surface area contributed by atoms with Gasteiger partial charge in [0, 0.05) is 10.8 Å². The largest absolute Gasteiger partial charge is 0.129 e. The van der Waals surface area contributed by atoms with E-state index in [1.807, 2.05) is 11.8 Å². The Balaban J connectivity index is 1.71. The molecule has 1 atom stereocenters. The van der Waals surface area contributed by atoms with Gasteiger partial charge >= 0.3 is 0 Å². The van der Waals surface area contributed by atoms with Crippen LogP contribution in [-0.2, 0) is 0 Å². The SMILES string of the molecule is CSc1c(-c2ccccc2)cccc1C1C=CC=C(c2ccccc2)C=C1. The lowest BCUT2D eigenvalue weighted by atomic mass is 9.94. The molecule has 0 spiro atoms. The van der Waals surface area contributed by atoms with Crippen LogP contribution in [0.4, 0.5) is 0 Å². The fraction of sp³-hybridized carbons (Fsp3) is 0.0769. The van der Waals surface area contributed by atoms with Crippen LogP contribution in [0.15, 0.2) is 114 Å². The topological polar surface area (TPSA) is 0 Å². The maximum Gasteiger partial charge on any atom is 0.0216 e. The van der Waals surface area contributed by atoms with Gasteiger partial charge in [0.05, 0.1) is 0 Å². The Hall–Kier alpha value is -2.77. The summed E-state index contributed by atoms with van der Waals surface area (Å²) in [7, 11) is 0. The van der Waals surface area contributed by atoms with Gasteiger partial charge in [-0.1, -0.05) is 109 Å². The Kier molecular flexibility index (Phi) is 5.41. The van der Waals surface area contributed by atoms with Gasteiger partial charge in [0.1, 0.15) is 0 Å². The maximum absolute atomic E-state index is 2.31. The molecule has 0 aromatic heterocycles. The third-order valence-electron chi connectivity index (χ3n) is 4.88. The lowest BCUT2D eigenvalue weighted by molar-refractivity contribution is 1.04. The minimum absolute atomic E-state index is 0.272. The number of allylic oxidation sites excluding steroid dienone is 6. The van der Waals surface area contributed by atoms with Crippen molar-refractivity contribution in [3.63, 3.8) is 0 Å². The zero-order valence-electron chi connectivity index (χ0n) is 15.4. The second-order valence-corrected chi connectivity index (χ2v) is 7.37. The molecule has 0 radical (unpaired) electrons. The van der Waals surface area contributed by atoms with Gasteiger partial charge in [-0.05, 0) is 34.1 Å². The van der Waals surface area contributed by atoms with Crippen molar-refractivity contribution in [3.05, 3.63) is 120 Å². The predicted octanol–water partition coefficient (Wildman–Crippen LogP) is 7.37. The molecule has 0 nitrogen and oxygen atoms in total. The van der Waals surface area contributed by atoms with Crippen LogP contribution >= 0.6 is 11.8 Å². The molecule has 0 aliphatic heterocycles. The zero-order chi connectivity index (χ0) is 18.5. The molecule has 132 valence electrons. The second-order valence-electron chi connectivity index (χ2n) is 6.55. The third-order valence-corrected chi connectivity index (χ3v) is 5.74. The normalized spacial score (nSPS) is 16.0. The fourth-order valence-electron chi connectivity index (χ4n) is 3.53. The van der Waals surface area contributed by atoms with Gasteiger partial charge in [0.2, 0.25) is 0 Å². The van der Waals surface area contributed by atoms with Gasteiger partial charge < -0.3 is 0 Å². The molecule has 0 heterocycles. The van der Waals surface area contributed by atoms with E-state index in [2.05, 4.69) is 115 Å². The summed E-state index contributed by atoms with van der Waals surface area (Å²) in [6, 6.07) is 27.9. The molecule has 27 heavy (non-hydrogen) atoms. The van der Waals surface area contributed by atoms with Crippen molar-refractivity contribution in [2.75, 3.05) is 6.26 Å². The highest BCUT2D eigenvalue weighted by molar-refractivity contribution is 7.98. The van der Waals surface area contributed by atoms with Gasteiger partial charge in [-0.3, -0.25) is 0 Å². The van der Waals surface area contributed by atoms with Gasteiger partial charge in [0.15, 0.2) is 0 Å². The van der Waals surface area contributed by atoms with E-state index in [-0.39, 0.29) is 5.92 Å². The van der Waals surface area contributed by atoms with E-state index in [1.165, 1.54) is 32.7 Å². The molecular weight excluding hydrogens is 344 g/mol. The minimum Gasteiger partial charge on any atom is -0.129 e. The summed E-state index contributed by atoms with van der Waals surface area (Å²) < 4.78 is 0. The molecular formula is C26H22S. The Morgan fingerprint density at radius 2 is 1.41 bits per heavy atom. The molecule has 1 aliphatic carbocycles.